The van der Waals surface area contributed by atoms with E-state index >= 15 is 0 Å². The van der Waals surface area contributed by atoms with Gasteiger partial charge in [0.15, 0.2) is 11.8 Å². The number of amides is 1. The first-order chi connectivity index (χ1) is 14.5. The number of carbonyl (C=O) groups excluding carboxylic acids is 1. The van der Waals surface area contributed by atoms with Crippen LogP contribution in [0.25, 0.3) is 11.6 Å². The predicted molar refractivity (Wildman–Crippen MR) is 105 cm³/mol. The van der Waals surface area contributed by atoms with Crippen LogP contribution in [0.15, 0.2) is 47.0 Å². The van der Waals surface area contributed by atoms with Gasteiger partial charge in [-0.2, -0.15) is 0 Å². The number of aliphatic hydroxyl groups excluding tert-OH is 1. The second kappa shape index (κ2) is 7.94. The number of rotatable bonds is 5. The summed E-state index contributed by atoms with van der Waals surface area (Å²) in [6.07, 6.45) is 2.18. The Morgan fingerprint density at radius 3 is 2.77 bits per heavy atom. The lowest BCUT2D eigenvalue weighted by atomic mass is 10.1. The quantitative estimate of drug-likeness (QED) is 0.651. The second-order valence-corrected chi connectivity index (χ2v) is 6.89. The summed E-state index contributed by atoms with van der Waals surface area (Å²) >= 11 is 0. The molecule has 30 heavy (non-hydrogen) atoms. The van der Waals surface area contributed by atoms with E-state index in [1.54, 1.807) is 49.3 Å². The molecule has 0 bridgehead atoms. The van der Waals surface area contributed by atoms with Gasteiger partial charge in [-0.15, -0.1) is 10.2 Å². The Morgan fingerprint density at radius 2 is 2.03 bits per heavy atom. The summed E-state index contributed by atoms with van der Waals surface area (Å²) in [5, 5.41) is 22.8. The van der Waals surface area contributed by atoms with Gasteiger partial charge in [0.2, 0.25) is 17.7 Å². The van der Waals surface area contributed by atoms with Crippen LogP contribution in [0.1, 0.15) is 36.7 Å². The molecule has 1 aliphatic heterocycles. The normalized spacial score (nSPS) is 15.8. The predicted octanol–water partition coefficient (Wildman–Crippen LogP) is 1.14. The number of halogens is 1. The molecular formula is C21H20FN5O3. The number of nitrogens with one attached hydrogen (secondary N) is 1. The first-order valence-electron chi connectivity index (χ1n) is 9.45. The summed E-state index contributed by atoms with van der Waals surface area (Å²) in [6, 6.07) is 8.69. The number of benzene rings is 1. The van der Waals surface area contributed by atoms with Crippen molar-refractivity contribution in [3.05, 3.63) is 76.3 Å². The standard InChI is InChI=1S/C21H20FN5O3/c1-3-15(28)24-20-14-5-4-10-23-17(14)19(29)18(27(20)2)21-26-25-16(30-21)11-12-6-8-13(22)9-7-12/h4-10,18,29H,3,11H2,1-2H3,(H,24,28). The van der Waals surface area contributed by atoms with Crippen molar-refractivity contribution in [3.8, 4) is 0 Å². The molecule has 8 nitrogen and oxygen atoms in total. The average Bonchev–Trinajstić information content (AvgIpc) is 3.20. The van der Waals surface area contributed by atoms with Gasteiger partial charge >= 0.3 is 0 Å². The molecule has 154 valence electrons. The van der Waals surface area contributed by atoms with E-state index in [0.717, 1.165) is 5.56 Å². The Hall–Kier alpha value is -3.75. The van der Waals surface area contributed by atoms with E-state index in [-0.39, 0.29) is 23.4 Å². The minimum atomic E-state index is -0.811. The molecule has 2 aromatic heterocycles. The number of carbonyl (C=O) groups is 1. The van der Waals surface area contributed by atoms with Crippen molar-refractivity contribution in [3.63, 3.8) is 0 Å². The fourth-order valence-electron chi connectivity index (χ4n) is 3.32. The molecule has 0 aliphatic carbocycles. The first kappa shape index (κ1) is 19.6. The van der Waals surface area contributed by atoms with Crippen LogP contribution in [0.2, 0.25) is 0 Å². The molecule has 1 unspecified atom stereocenters. The summed E-state index contributed by atoms with van der Waals surface area (Å²) < 4.78 is 18.9. The van der Waals surface area contributed by atoms with Crippen molar-refractivity contribution in [2.24, 2.45) is 0 Å². The Kier molecular flexibility index (Phi) is 5.18. The zero-order valence-electron chi connectivity index (χ0n) is 16.5. The zero-order valence-corrected chi connectivity index (χ0v) is 16.5. The highest BCUT2D eigenvalue weighted by Gasteiger charge is 2.33. The molecule has 1 atom stereocenters. The molecule has 3 aromatic rings. The molecule has 0 saturated carbocycles. The monoisotopic (exact) mass is 409 g/mol. The van der Waals surface area contributed by atoms with Gasteiger partial charge in [0.25, 0.3) is 0 Å². The van der Waals surface area contributed by atoms with Crippen LogP contribution in [-0.4, -0.2) is 38.1 Å². The average molecular weight is 409 g/mol. The van der Waals surface area contributed by atoms with Crippen LogP contribution < -0.4 is 15.9 Å². The Morgan fingerprint density at radius 1 is 1.27 bits per heavy atom. The number of hydrogen-bond acceptors (Lipinski definition) is 7. The Balaban J connectivity index is 1.72. The molecule has 0 spiro atoms. The highest BCUT2D eigenvalue weighted by Crippen LogP contribution is 2.29. The van der Waals surface area contributed by atoms with E-state index in [0.29, 0.717) is 35.1 Å². The molecule has 2 N–H and O–H groups in total. The molecule has 3 heterocycles. The number of aliphatic hydroxyl groups is 1. The molecular weight excluding hydrogens is 389 g/mol. The van der Waals surface area contributed by atoms with Gasteiger partial charge < -0.3 is 19.7 Å². The van der Waals surface area contributed by atoms with E-state index < -0.39 is 6.04 Å². The molecule has 0 fully saturated rings. The third kappa shape index (κ3) is 3.61. The SMILES string of the molecule is CCC(=O)NC1=c2cccnc2=C(O)C(c2nnc(Cc3ccc(F)cc3)o2)N1C. The number of nitrogens with zero attached hydrogens (tertiary/aromatic N) is 4. The maximum Gasteiger partial charge on any atom is 0.246 e. The smallest absolute Gasteiger partial charge is 0.246 e. The van der Waals surface area contributed by atoms with Gasteiger partial charge in [-0.3, -0.25) is 9.78 Å². The van der Waals surface area contributed by atoms with Crippen molar-refractivity contribution in [1.82, 2.24) is 25.4 Å². The second-order valence-electron chi connectivity index (χ2n) is 6.89. The van der Waals surface area contributed by atoms with E-state index in [1.165, 1.54) is 12.1 Å². The van der Waals surface area contributed by atoms with Gasteiger partial charge in [0.05, 0.1) is 6.42 Å². The zero-order chi connectivity index (χ0) is 21.3. The fourth-order valence-corrected chi connectivity index (χ4v) is 3.32. The molecule has 0 saturated heterocycles. The third-order valence-corrected chi connectivity index (χ3v) is 4.87. The number of hydrogen-bond donors (Lipinski definition) is 2. The lowest BCUT2D eigenvalue weighted by Gasteiger charge is -2.31. The molecule has 1 aliphatic rings. The van der Waals surface area contributed by atoms with Gasteiger partial charge in [0, 0.05) is 24.9 Å². The number of fused-ring (bicyclic) bond motifs is 1. The van der Waals surface area contributed by atoms with E-state index in [4.69, 9.17) is 4.42 Å². The summed E-state index contributed by atoms with van der Waals surface area (Å²) in [5.41, 5.74) is 0.811. The van der Waals surface area contributed by atoms with E-state index in [9.17, 15) is 14.3 Å². The van der Waals surface area contributed by atoms with E-state index in [1.807, 2.05) is 0 Å². The molecule has 1 aromatic carbocycles. The summed E-state index contributed by atoms with van der Waals surface area (Å²) in [4.78, 5) is 18.0. The summed E-state index contributed by atoms with van der Waals surface area (Å²) in [5.74, 6) is 0.423. The van der Waals surface area contributed by atoms with Crippen LogP contribution in [0.3, 0.4) is 0 Å². The van der Waals surface area contributed by atoms with Gasteiger partial charge in [-0.25, -0.2) is 4.39 Å². The van der Waals surface area contributed by atoms with Crippen molar-refractivity contribution >= 4 is 17.5 Å². The van der Waals surface area contributed by atoms with E-state index in [2.05, 4.69) is 20.5 Å². The maximum atomic E-state index is 13.1. The van der Waals surface area contributed by atoms with Crippen LogP contribution in [0.4, 0.5) is 4.39 Å². The van der Waals surface area contributed by atoms with Crippen molar-refractivity contribution in [2.75, 3.05) is 7.05 Å². The lowest BCUT2D eigenvalue weighted by molar-refractivity contribution is -0.119. The fraction of sp³-hybridized carbons (Fsp3) is 0.238. The van der Waals surface area contributed by atoms with Crippen LogP contribution in [0.5, 0.6) is 0 Å². The lowest BCUT2D eigenvalue weighted by Crippen LogP contribution is -2.49. The van der Waals surface area contributed by atoms with Crippen LogP contribution in [0, 0.1) is 5.82 Å². The van der Waals surface area contributed by atoms with Crippen LogP contribution >= 0.6 is 0 Å². The largest absolute Gasteiger partial charge is 0.507 e. The van der Waals surface area contributed by atoms with Gasteiger partial charge in [-0.05, 0) is 29.8 Å². The van der Waals surface area contributed by atoms with Crippen molar-refractivity contribution < 1.29 is 18.7 Å². The number of aromatic nitrogens is 3. The maximum absolute atomic E-state index is 13.1. The minimum absolute atomic E-state index is 0.0559. The molecule has 1 amide bonds. The van der Waals surface area contributed by atoms with Crippen molar-refractivity contribution in [1.29, 1.82) is 0 Å². The Bertz CT molecular complexity index is 1210. The Labute approximate surface area is 171 Å². The highest BCUT2D eigenvalue weighted by molar-refractivity contribution is 5.82. The third-order valence-electron chi connectivity index (χ3n) is 4.87. The van der Waals surface area contributed by atoms with Gasteiger partial charge in [0.1, 0.15) is 17.0 Å². The number of likely N-dealkylation sites (N-methyl/N-ethyl adjacent to an activating group) is 1. The minimum Gasteiger partial charge on any atom is -0.507 e. The molecule has 9 heteroatoms. The highest BCUT2D eigenvalue weighted by atomic mass is 19.1. The van der Waals surface area contributed by atoms with Gasteiger partial charge in [-0.1, -0.05) is 19.1 Å². The topological polar surface area (TPSA) is 104 Å². The summed E-state index contributed by atoms with van der Waals surface area (Å²) in [6.45, 7) is 1.75. The summed E-state index contributed by atoms with van der Waals surface area (Å²) in [7, 11) is 1.71. The van der Waals surface area contributed by atoms with Crippen molar-refractivity contribution in [2.45, 2.75) is 25.8 Å². The van der Waals surface area contributed by atoms with Crippen LogP contribution in [-0.2, 0) is 11.2 Å². The molecule has 0 radical (unpaired) electrons. The molecule has 4 rings (SSSR count). The first-order valence-corrected chi connectivity index (χ1v) is 9.45. The number of pyridine rings is 1.